The third-order valence-electron chi connectivity index (χ3n) is 3.56. The van der Waals surface area contributed by atoms with Gasteiger partial charge in [-0.15, -0.1) is 0 Å². The van der Waals surface area contributed by atoms with Crippen molar-refractivity contribution in [2.24, 2.45) is 0 Å². The average Bonchev–Trinajstić information content (AvgIpc) is 2.51. The number of benzene rings is 1. The van der Waals surface area contributed by atoms with Crippen molar-refractivity contribution >= 4 is 27.7 Å². The van der Waals surface area contributed by atoms with Crippen molar-refractivity contribution in [2.75, 3.05) is 12.0 Å². The van der Waals surface area contributed by atoms with Gasteiger partial charge in [0, 0.05) is 6.04 Å². The summed E-state index contributed by atoms with van der Waals surface area (Å²) < 4.78 is 27.5. The molecule has 1 amide bonds. The molecule has 5 nitrogen and oxygen atoms in total. The van der Waals surface area contributed by atoms with Gasteiger partial charge in [-0.3, -0.25) is 4.79 Å². The molecule has 0 aromatic heterocycles. The van der Waals surface area contributed by atoms with E-state index in [2.05, 4.69) is 10.0 Å². The van der Waals surface area contributed by atoms with E-state index in [-0.39, 0.29) is 16.8 Å². The Labute approximate surface area is 143 Å². The third kappa shape index (κ3) is 6.53. The molecule has 1 rings (SSSR count). The molecule has 2 N–H and O–H groups in total. The van der Waals surface area contributed by atoms with E-state index >= 15 is 0 Å². The van der Waals surface area contributed by atoms with Crippen LogP contribution in [-0.2, 0) is 14.8 Å². The van der Waals surface area contributed by atoms with Crippen molar-refractivity contribution in [3.63, 3.8) is 0 Å². The van der Waals surface area contributed by atoms with Gasteiger partial charge in [0.25, 0.3) is 0 Å². The van der Waals surface area contributed by atoms with Crippen LogP contribution >= 0.6 is 11.8 Å². The lowest BCUT2D eigenvalue weighted by Crippen LogP contribution is -2.49. The molecule has 23 heavy (non-hydrogen) atoms. The monoisotopic (exact) mass is 358 g/mol. The van der Waals surface area contributed by atoms with E-state index in [0.29, 0.717) is 12.2 Å². The van der Waals surface area contributed by atoms with E-state index in [4.69, 9.17) is 0 Å². The minimum Gasteiger partial charge on any atom is -0.352 e. The van der Waals surface area contributed by atoms with E-state index < -0.39 is 16.1 Å². The minimum atomic E-state index is -3.71. The molecule has 0 aliphatic heterocycles. The Bertz CT molecular complexity index is 600. The minimum absolute atomic E-state index is 0.0168. The molecule has 1 aromatic rings. The maximum atomic E-state index is 12.5. The summed E-state index contributed by atoms with van der Waals surface area (Å²) in [4.78, 5) is 12.5. The summed E-state index contributed by atoms with van der Waals surface area (Å²) in [6.07, 6.45) is 3.18. The van der Waals surface area contributed by atoms with Gasteiger partial charge in [0.15, 0.2) is 0 Å². The van der Waals surface area contributed by atoms with Gasteiger partial charge in [0.2, 0.25) is 15.9 Å². The maximum Gasteiger partial charge on any atom is 0.241 e. The number of carbonyl (C=O) groups is 1. The Morgan fingerprint density at radius 1 is 1.26 bits per heavy atom. The lowest BCUT2D eigenvalue weighted by Gasteiger charge is -2.20. The second-order valence-corrected chi connectivity index (χ2v) is 8.29. The summed E-state index contributed by atoms with van der Waals surface area (Å²) in [6, 6.07) is 5.84. The number of thioether (sulfide) groups is 1. The summed E-state index contributed by atoms with van der Waals surface area (Å²) >= 11 is 1.58. The van der Waals surface area contributed by atoms with E-state index in [0.717, 1.165) is 12.0 Å². The number of hydrogen-bond acceptors (Lipinski definition) is 4. The first-order valence-corrected chi connectivity index (χ1v) is 10.6. The number of aryl methyl sites for hydroxylation is 1. The van der Waals surface area contributed by atoms with E-state index in [9.17, 15) is 13.2 Å². The first-order valence-electron chi connectivity index (χ1n) is 7.68. The highest BCUT2D eigenvalue weighted by molar-refractivity contribution is 7.98. The fraction of sp³-hybridized carbons (Fsp3) is 0.562. The van der Waals surface area contributed by atoms with Crippen molar-refractivity contribution in [1.82, 2.24) is 10.0 Å². The first kappa shape index (κ1) is 20.0. The molecule has 0 fully saturated rings. The number of amides is 1. The summed E-state index contributed by atoms with van der Waals surface area (Å²) in [5.74, 6) is 0.429. The van der Waals surface area contributed by atoms with Gasteiger partial charge >= 0.3 is 0 Å². The Morgan fingerprint density at radius 2 is 1.87 bits per heavy atom. The Kier molecular flexibility index (Phi) is 8.08. The van der Waals surface area contributed by atoms with Crippen LogP contribution in [0, 0.1) is 6.92 Å². The van der Waals surface area contributed by atoms with E-state index in [1.54, 1.807) is 36.0 Å². The van der Waals surface area contributed by atoms with Gasteiger partial charge in [-0.2, -0.15) is 16.5 Å². The summed E-state index contributed by atoms with van der Waals surface area (Å²) in [7, 11) is -3.71. The van der Waals surface area contributed by atoms with E-state index in [1.165, 1.54) is 0 Å². The topological polar surface area (TPSA) is 75.3 Å². The molecule has 2 unspecified atom stereocenters. The van der Waals surface area contributed by atoms with Crippen LogP contribution in [0.2, 0.25) is 0 Å². The maximum absolute atomic E-state index is 12.5. The zero-order chi connectivity index (χ0) is 17.5. The summed E-state index contributed by atoms with van der Waals surface area (Å²) in [6.45, 7) is 5.76. The van der Waals surface area contributed by atoms with Gasteiger partial charge in [-0.1, -0.05) is 24.6 Å². The first-order chi connectivity index (χ1) is 10.8. The molecule has 0 saturated heterocycles. The van der Waals surface area contributed by atoms with E-state index in [1.807, 2.05) is 27.0 Å². The highest BCUT2D eigenvalue weighted by atomic mass is 32.2. The predicted octanol–water partition coefficient (Wildman–Crippen LogP) is 2.31. The average molecular weight is 359 g/mol. The van der Waals surface area contributed by atoms with Crippen molar-refractivity contribution in [3.05, 3.63) is 29.8 Å². The molecule has 0 bridgehead atoms. The molecule has 130 valence electrons. The third-order valence-corrected chi connectivity index (χ3v) is 5.69. The fourth-order valence-electron chi connectivity index (χ4n) is 1.90. The fourth-order valence-corrected chi connectivity index (χ4v) is 3.60. The highest BCUT2D eigenvalue weighted by Gasteiger charge is 2.25. The molecule has 0 heterocycles. The molecule has 7 heteroatoms. The molecule has 0 spiro atoms. The number of nitrogens with one attached hydrogen (secondary N) is 2. The van der Waals surface area contributed by atoms with Gasteiger partial charge in [0.05, 0.1) is 4.90 Å². The SMILES string of the molecule is CCC(C)NC(=O)C(CCSC)NS(=O)(=O)c1ccc(C)cc1. The molecule has 1 aromatic carbocycles. The second-order valence-electron chi connectivity index (χ2n) is 5.59. The van der Waals surface area contributed by atoms with Crippen LogP contribution < -0.4 is 10.0 Å². The zero-order valence-electron chi connectivity index (χ0n) is 14.1. The van der Waals surface area contributed by atoms with Gasteiger partial charge in [-0.25, -0.2) is 8.42 Å². The number of rotatable bonds is 9. The van der Waals surface area contributed by atoms with Crippen molar-refractivity contribution in [1.29, 1.82) is 0 Å². The molecule has 0 saturated carbocycles. The zero-order valence-corrected chi connectivity index (χ0v) is 15.8. The quantitative estimate of drug-likeness (QED) is 0.710. The number of carbonyl (C=O) groups excluding carboxylic acids is 1. The van der Waals surface area contributed by atoms with Gasteiger partial charge in [0.1, 0.15) is 6.04 Å². The Hall–Kier alpha value is -1.05. The van der Waals surface area contributed by atoms with Crippen LogP contribution in [0.1, 0.15) is 32.3 Å². The summed E-state index contributed by atoms with van der Waals surface area (Å²) in [5.41, 5.74) is 0.984. The van der Waals surface area contributed by atoms with Crippen molar-refractivity contribution in [2.45, 2.75) is 50.6 Å². The molecule has 2 atom stereocenters. The van der Waals surface area contributed by atoms with Crippen molar-refractivity contribution in [3.8, 4) is 0 Å². The molecule has 0 aliphatic rings. The lowest BCUT2D eigenvalue weighted by atomic mass is 10.2. The summed E-state index contributed by atoms with van der Waals surface area (Å²) in [5, 5.41) is 2.85. The van der Waals surface area contributed by atoms with Crippen LogP contribution in [0.15, 0.2) is 29.2 Å². The number of hydrogen-bond donors (Lipinski definition) is 2. The van der Waals surface area contributed by atoms with Crippen molar-refractivity contribution < 1.29 is 13.2 Å². The molecular formula is C16H26N2O3S2. The molecular weight excluding hydrogens is 332 g/mol. The Balaban J connectivity index is 2.90. The van der Waals surface area contributed by atoms with Crippen LogP contribution in [0.25, 0.3) is 0 Å². The molecule has 0 radical (unpaired) electrons. The van der Waals surface area contributed by atoms with Crippen LogP contribution in [-0.4, -0.2) is 38.4 Å². The normalized spacial score (nSPS) is 14.3. The largest absolute Gasteiger partial charge is 0.352 e. The smallest absolute Gasteiger partial charge is 0.241 e. The van der Waals surface area contributed by atoms with Crippen LogP contribution in [0.3, 0.4) is 0 Å². The predicted molar refractivity (Wildman–Crippen MR) is 96.2 cm³/mol. The lowest BCUT2D eigenvalue weighted by molar-refractivity contribution is -0.123. The van der Waals surface area contributed by atoms with Gasteiger partial charge < -0.3 is 5.32 Å². The highest BCUT2D eigenvalue weighted by Crippen LogP contribution is 2.12. The second kappa shape index (κ2) is 9.30. The number of sulfonamides is 1. The standard InChI is InChI=1S/C16H26N2O3S2/c1-5-13(3)17-16(19)15(10-11-22-4)18-23(20,21)14-8-6-12(2)7-9-14/h6-9,13,15,18H,5,10-11H2,1-4H3,(H,17,19). The van der Waals surface area contributed by atoms with Crippen LogP contribution in [0.4, 0.5) is 0 Å². The van der Waals surface area contributed by atoms with Crippen LogP contribution in [0.5, 0.6) is 0 Å². The van der Waals surface area contributed by atoms with Gasteiger partial charge in [-0.05, 0) is 50.8 Å². The Morgan fingerprint density at radius 3 is 2.39 bits per heavy atom. The molecule has 0 aliphatic carbocycles.